The number of nitrogens with zero attached hydrogens (tertiary/aromatic N) is 2. The first-order chi connectivity index (χ1) is 28.7. The molecule has 0 saturated heterocycles. The second-order valence-corrected chi connectivity index (χ2v) is 15.3. The summed E-state index contributed by atoms with van der Waals surface area (Å²) in [5.41, 5.74) is 7.85. The van der Waals surface area contributed by atoms with Crippen LogP contribution >= 0.6 is 0 Å². The highest BCUT2D eigenvalue weighted by Gasteiger charge is 2.18. The lowest BCUT2D eigenvalue weighted by molar-refractivity contribution is 1.41. The van der Waals surface area contributed by atoms with E-state index >= 15 is 0 Å². The van der Waals surface area contributed by atoms with Crippen LogP contribution in [0.25, 0.3) is 120 Å². The molecule has 0 aliphatic rings. The minimum absolute atomic E-state index is 0.628. The number of nitriles is 1. The normalized spacial score (nSPS) is 11.8. The third-order valence-electron chi connectivity index (χ3n) is 12.2. The second-order valence-electron chi connectivity index (χ2n) is 15.3. The zero-order valence-corrected chi connectivity index (χ0v) is 31.4. The zero-order chi connectivity index (χ0) is 38.3. The molecule has 11 aromatic carbocycles. The van der Waals surface area contributed by atoms with Gasteiger partial charge in [0, 0.05) is 16.3 Å². The van der Waals surface area contributed by atoms with Crippen molar-refractivity contribution in [3.05, 3.63) is 200 Å². The smallest absolute Gasteiger partial charge is 0.0991 e. The maximum Gasteiger partial charge on any atom is 0.0991 e. The van der Waals surface area contributed by atoms with E-state index in [0.717, 1.165) is 55.2 Å². The molecular formula is C56H32N2. The highest BCUT2D eigenvalue weighted by molar-refractivity contribution is 6.27. The van der Waals surface area contributed by atoms with Gasteiger partial charge < -0.3 is 0 Å². The third kappa shape index (κ3) is 4.81. The molecule has 0 N–H and O–H groups in total. The average Bonchev–Trinajstić information content (AvgIpc) is 3.31. The van der Waals surface area contributed by atoms with Crippen molar-refractivity contribution in [1.82, 2.24) is 4.98 Å². The maximum atomic E-state index is 10.0. The lowest BCUT2D eigenvalue weighted by Gasteiger charge is -2.17. The molecule has 0 radical (unpaired) electrons. The first-order valence-electron chi connectivity index (χ1n) is 19.8. The molecule has 0 fully saturated rings. The molecule has 1 aromatic heterocycles. The van der Waals surface area contributed by atoms with Gasteiger partial charge in [-0.15, -0.1) is 0 Å². The average molecular weight is 733 g/mol. The molecule has 2 nitrogen and oxygen atoms in total. The van der Waals surface area contributed by atoms with Crippen molar-refractivity contribution < 1.29 is 0 Å². The predicted octanol–water partition coefficient (Wildman–Crippen LogP) is 15.2. The van der Waals surface area contributed by atoms with Crippen molar-refractivity contribution in [2.45, 2.75) is 0 Å². The molecule has 12 rings (SSSR count). The van der Waals surface area contributed by atoms with Crippen LogP contribution in [0, 0.1) is 11.3 Å². The van der Waals surface area contributed by atoms with Crippen LogP contribution in [0.3, 0.4) is 0 Å². The number of rotatable bonds is 3. The van der Waals surface area contributed by atoms with Crippen LogP contribution < -0.4 is 0 Å². The van der Waals surface area contributed by atoms with Crippen molar-refractivity contribution in [2.24, 2.45) is 0 Å². The number of fused-ring (bicyclic) bond motifs is 15. The largest absolute Gasteiger partial charge is 0.247 e. The number of hydrogen-bond acceptors (Lipinski definition) is 2. The maximum absolute atomic E-state index is 10.0. The van der Waals surface area contributed by atoms with Crippen molar-refractivity contribution >= 4 is 86.3 Å². The van der Waals surface area contributed by atoms with Gasteiger partial charge in [0.15, 0.2) is 0 Å². The van der Waals surface area contributed by atoms with E-state index in [1.54, 1.807) is 0 Å². The van der Waals surface area contributed by atoms with Crippen LogP contribution in [0.15, 0.2) is 194 Å². The Morgan fingerprint density at radius 2 is 0.707 bits per heavy atom. The molecule has 0 aliphatic carbocycles. The number of aromatic nitrogens is 1. The fourth-order valence-electron chi connectivity index (χ4n) is 9.58. The van der Waals surface area contributed by atoms with E-state index in [-0.39, 0.29) is 0 Å². The monoisotopic (exact) mass is 732 g/mol. The summed E-state index contributed by atoms with van der Waals surface area (Å²) in [4.78, 5) is 5.55. The van der Waals surface area contributed by atoms with Gasteiger partial charge in [0.2, 0.25) is 0 Å². The van der Waals surface area contributed by atoms with Gasteiger partial charge in [-0.05, 0) is 129 Å². The van der Waals surface area contributed by atoms with Crippen molar-refractivity contribution in [3.63, 3.8) is 0 Å². The van der Waals surface area contributed by atoms with Gasteiger partial charge in [0.25, 0.3) is 0 Å². The molecule has 0 saturated carbocycles. The van der Waals surface area contributed by atoms with Crippen molar-refractivity contribution in [3.8, 4) is 39.6 Å². The summed E-state index contributed by atoms with van der Waals surface area (Å²) < 4.78 is 0. The zero-order valence-electron chi connectivity index (χ0n) is 31.4. The quantitative estimate of drug-likeness (QED) is 0.170. The standard InChI is InChI=1S/C56H32N2/c57-33-34-12-11-13-35(28-34)51-32-55(37-25-27-48-43-19-4-2-15-39(43)41-17-6-8-21-45(41)53(48)30-37)58-56-49-23-10-9-22-46(49)50(31-54(51)56)36-24-26-47-42-18-3-1-14-38(42)40-16-5-7-20-44(40)52(47)29-36/h1-32H. The summed E-state index contributed by atoms with van der Waals surface area (Å²) in [6, 6.07) is 72.2. The Morgan fingerprint density at radius 3 is 1.24 bits per heavy atom. The predicted molar refractivity (Wildman–Crippen MR) is 245 cm³/mol. The van der Waals surface area contributed by atoms with Crippen LogP contribution in [0.2, 0.25) is 0 Å². The summed E-state index contributed by atoms with van der Waals surface area (Å²) in [7, 11) is 0. The third-order valence-corrected chi connectivity index (χ3v) is 12.2. The molecule has 12 aromatic rings. The van der Waals surface area contributed by atoms with Crippen LogP contribution in [0.4, 0.5) is 0 Å². The van der Waals surface area contributed by atoms with E-state index in [1.165, 1.54) is 64.6 Å². The van der Waals surface area contributed by atoms with Gasteiger partial charge in [-0.2, -0.15) is 5.26 Å². The van der Waals surface area contributed by atoms with Crippen molar-refractivity contribution in [2.75, 3.05) is 0 Å². The van der Waals surface area contributed by atoms with Gasteiger partial charge in [0.1, 0.15) is 0 Å². The first kappa shape index (κ1) is 32.4. The molecule has 0 unspecified atom stereocenters. The minimum Gasteiger partial charge on any atom is -0.247 e. The summed E-state index contributed by atoms with van der Waals surface area (Å²) in [5.74, 6) is 0. The second kappa shape index (κ2) is 12.6. The SMILES string of the molecule is N#Cc1cccc(-c2cc(-c3ccc4c5ccccc5c5ccccc5c4c3)nc3c2cc(-c2ccc4c5ccccc5c5ccccc5c4c2)c2ccccc23)c1. The van der Waals surface area contributed by atoms with E-state index < -0.39 is 0 Å². The molecular weight excluding hydrogens is 701 g/mol. The molecule has 0 amide bonds. The van der Waals surface area contributed by atoms with Crippen LogP contribution in [0.1, 0.15) is 5.56 Å². The highest BCUT2D eigenvalue weighted by atomic mass is 14.7. The molecule has 0 bridgehead atoms. The van der Waals surface area contributed by atoms with Gasteiger partial charge in [-0.1, -0.05) is 158 Å². The van der Waals surface area contributed by atoms with E-state index in [9.17, 15) is 5.26 Å². The van der Waals surface area contributed by atoms with E-state index in [4.69, 9.17) is 4.98 Å². The fourth-order valence-corrected chi connectivity index (χ4v) is 9.58. The molecule has 58 heavy (non-hydrogen) atoms. The van der Waals surface area contributed by atoms with E-state index in [2.05, 4.69) is 182 Å². The number of pyridine rings is 1. The van der Waals surface area contributed by atoms with Crippen LogP contribution in [0.5, 0.6) is 0 Å². The Hall–Kier alpha value is -7.86. The Morgan fingerprint density at radius 1 is 0.293 bits per heavy atom. The van der Waals surface area contributed by atoms with Crippen LogP contribution in [-0.2, 0) is 0 Å². The molecule has 0 spiro atoms. The molecule has 2 heteroatoms. The summed E-state index contributed by atoms with van der Waals surface area (Å²) in [6.45, 7) is 0. The van der Waals surface area contributed by atoms with Gasteiger partial charge >= 0.3 is 0 Å². The topological polar surface area (TPSA) is 36.7 Å². The Kier molecular flexibility index (Phi) is 7.03. The molecule has 0 atom stereocenters. The summed E-state index contributed by atoms with van der Waals surface area (Å²) in [6.07, 6.45) is 0. The lowest BCUT2D eigenvalue weighted by Crippen LogP contribution is -1.94. The first-order valence-corrected chi connectivity index (χ1v) is 19.8. The van der Waals surface area contributed by atoms with E-state index in [1.807, 2.05) is 18.2 Å². The van der Waals surface area contributed by atoms with Gasteiger partial charge in [-0.25, -0.2) is 4.98 Å². The lowest BCUT2D eigenvalue weighted by atomic mass is 9.88. The van der Waals surface area contributed by atoms with Crippen molar-refractivity contribution in [1.29, 1.82) is 5.26 Å². The molecule has 0 aliphatic heterocycles. The van der Waals surface area contributed by atoms with Crippen LogP contribution in [-0.4, -0.2) is 4.98 Å². The van der Waals surface area contributed by atoms with Gasteiger partial charge in [-0.3, -0.25) is 0 Å². The Balaban J connectivity index is 1.15. The highest BCUT2D eigenvalue weighted by Crippen LogP contribution is 2.44. The summed E-state index contributed by atoms with van der Waals surface area (Å²) >= 11 is 0. The summed E-state index contributed by atoms with van der Waals surface area (Å²) in [5, 5.41) is 28.3. The molecule has 1 heterocycles. The van der Waals surface area contributed by atoms with E-state index in [0.29, 0.717) is 5.56 Å². The minimum atomic E-state index is 0.628. The fraction of sp³-hybridized carbons (Fsp3) is 0. The Labute approximate surface area is 334 Å². The number of hydrogen-bond donors (Lipinski definition) is 0. The number of benzene rings is 11. The molecule has 266 valence electrons. The van der Waals surface area contributed by atoms with Gasteiger partial charge in [0.05, 0.1) is 22.8 Å². The Bertz CT molecular complexity index is 3690.